The van der Waals surface area contributed by atoms with Crippen molar-refractivity contribution in [2.24, 2.45) is 0 Å². The number of aromatic amines is 1. The first-order valence-electron chi connectivity index (χ1n) is 7.64. The molecule has 1 aliphatic rings. The van der Waals surface area contributed by atoms with Gasteiger partial charge in [0.05, 0.1) is 19.3 Å². The van der Waals surface area contributed by atoms with E-state index in [4.69, 9.17) is 4.74 Å². The van der Waals surface area contributed by atoms with E-state index in [1.165, 1.54) is 31.1 Å². The van der Waals surface area contributed by atoms with Gasteiger partial charge in [0.1, 0.15) is 17.3 Å². The van der Waals surface area contributed by atoms with Gasteiger partial charge < -0.3 is 14.6 Å². The number of hydrogen-bond acceptors (Lipinski definition) is 7. The highest BCUT2D eigenvalue weighted by Crippen LogP contribution is 2.35. The molecule has 10 heteroatoms. The van der Waals surface area contributed by atoms with Crippen molar-refractivity contribution in [2.75, 3.05) is 24.8 Å². The number of anilines is 1. The summed E-state index contributed by atoms with van der Waals surface area (Å²) in [4.78, 5) is 29.0. The second-order valence-electron chi connectivity index (χ2n) is 5.46. The summed E-state index contributed by atoms with van der Waals surface area (Å²) in [6.45, 7) is 0.633. The number of nitrogens with zero attached hydrogens (tertiary/aromatic N) is 4. The molecule has 134 valence electrons. The van der Waals surface area contributed by atoms with Gasteiger partial charge in [-0.2, -0.15) is 0 Å². The van der Waals surface area contributed by atoms with E-state index >= 15 is 0 Å². The van der Waals surface area contributed by atoms with Crippen LogP contribution in [0.5, 0.6) is 5.75 Å². The predicted octanol–water partition coefficient (Wildman–Crippen LogP) is 2.57. The predicted molar refractivity (Wildman–Crippen MR) is 89.5 cm³/mol. The lowest BCUT2D eigenvalue weighted by molar-refractivity contribution is 0.145. The Balaban J connectivity index is 1.98. The van der Waals surface area contributed by atoms with Crippen LogP contribution in [-0.4, -0.2) is 39.8 Å². The fraction of sp³-hybridized carbons (Fsp3) is 0.467. The van der Waals surface area contributed by atoms with E-state index in [9.17, 15) is 13.6 Å². The van der Waals surface area contributed by atoms with E-state index in [0.29, 0.717) is 18.2 Å². The van der Waals surface area contributed by atoms with Crippen LogP contribution in [0.4, 0.5) is 14.6 Å². The average molecular weight is 369 g/mol. The second kappa shape index (κ2) is 7.34. The number of ether oxygens (including phenoxy) is 1. The monoisotopic (exact) mass is 369 g/mol. The summed E-state index contributed by atoms with van der Waals surface area (Å²) in [6, 6.07) is 1.05. The number of nitrogens with one attached hydrogen (secondary N) is 1. The molecule has 0 amide bonds. The third kappa shape index (κ3) is 3.58. The molecule has 1 saturated heterocycles. The molecule has 0 spiro atoms. The number of methoxy groups -OCH3 is 1. The van der Waals surface area contributed by atoms with Crippen LogP contribution in [0, 0.1) is 0 Å². The SMILES string of the molecule is COc1cnc(C2CCCN2c2cc(C(F)F)nc(SC)n2)[nH]c1=O. The second-order valence-corrected chi connectivity index (χ2v) is 6.23. The molecule has 3 heterocycles. The zero-order valence-electron chi connectivity index (χ0n) is 13.7. The Hall–Kier alpha value is -2.23. The van der Waals surface area contributed by atoms with Crippen molar-refractivity contribution in [1.29, 1.82) is 0 Å². The molecule has 2 aromatic heterocycles. The van der Waals surface area contributed by atoms with Crippen LogP contribution in [0.15, 0.2) is 22.2 Å². The summed E-state index contributed by atoms with van der Waals surface area (Å²) in [5.74, 6) is 1.00. The summed E-state index contributed by atoms with van der Waals surface area (Å²) in [6.07, 6.45) is 1.99. The minimum atomic E-state index is -2.67. The third-order valence-electron chi connectivity index (χ3n) is 3.99. The van der Waals surface area contributed by atoms with Crippen LogP contribution in [0.1, 0.15) is 36.8 Å². The molecular weight excluding hydrogens is 352 g/mol. The maximum Gasteiger partial charge on any atom is 0.293 e. The Morgan fingerprint density at radius 1 is 1.44 bits per heavy atom. The summed E-state index contributed by atoms with van der Waals surface area (Å²) in [5.41, 5.74) is -0.684. The zero-order valence-corrected chi connectivity index (χ0v) is 14.5. The first-order chi connectivity index (χ1) is 12.0. The van der Waals surface area contributed by atoms with Gasteiger partial charge in [0, 0.05) is 12.6 Å². The minimum absolute atomic E-state index is 0.125. The largest absolute Gasteiger partial charge is 0.490 e. The van der Waals surface area contributed by atoms with Gasteiger partial charge in [-0.15, -0.1) is 0 Å². The van der Waals surface area contributed by atoms with Gasteiger partial charge in [-0.05, 0) is 19.1 Å². The Labute approximate surface area is 146 Å². The van der Waals surface area contributed by atoms with Gasteiger partial charge in [-0.25, -0.2) is 23.7 Å². The number of alkyl halides is 2. The van der Waals surface area contributed by atoms with E-state index in [1.807, 2.05) is 4.90 Å². The molecule has 1 N–H and O–H groups in total. The lowest BCUT2D eigenvalue weighted by Gasteiger charge is -2.25. The van der Waals surface area contributed by atoms with Gasteiger partial charge in [0.15, 0.2) is 5.16 Å². The molecule has 0 bridgehead atoms. The Morgan fingerprint density at radius 3 is 2.88 bits per heavy atom. The minimum Gasteiger partial charge on any atom is -0.490 e. The van der Waals surface area contributed by atoms with Crippen LogP contribution in [0.2, 0.25) is 0 Å². The molecule has 1 unspecified atom stereocenters. The molecule has 0 aliphatic carbocycles. The average Bonchev–Trinajstić information content (AvgIpc) is 3.10. The maximum atomic E-state index is 13.1. The number of thioether (sulfide) groups is 1. The standard InChI is InChI=1S/C15H17F2N5O2S/c1-24-10-7-18-13(21-14(10)23)9-4-3-5-22(9)11-6-8(12(16)17)19-15(20-11)25-2/h6-7,9,12H,3-5H2,1-2H3,(H,18,21,23). The lowest BCUT2D eigenvalue weighted by Crippen LogP contribution is -2.27. The van der Waals surface area contributed by atoms with Gasteiger partial charge in [-0.3, -0.25) is 4.79 Å². The van der Waals surface area contributed by atoms with E-state index in [1.54, 1.807) is 6.26 Å². The van der Waals surface area contributed by atoms with Crippen molar-refractivity contribution in [3.63, 3.8) is 0 Å². The van der Waals surface area contributed by atoms with Crippen molar-refractivity contribution in [3.8, 4) is 5.75 Å². The van der Waals surface area contributed by atoms with E-state index in [2.05, 4.69) is 19.9 Å². The molecule has 25 heavy (non-hydrogen) atoms. The molecule has 0 saturated carbocycles. The van der Waals surface area contributed by atoms with Crippen LogP contribution in [0.3, 0.4) is 0 Å². The Kier molecular flexibility index (Phi) is 5.16. The summed E-state index contributed by atoms with van der Waals surface area (Å²) >= 11 is 1.21. The highest BCUT2D eigenvalue weighted by molar-refractivity contribution is 7.98. The first-order valence-corrected chi connectivity index (χ1v) is 8.87. The smallest absolute Gasteiger partial charge is 0.293 e. The van der Waals surface area contributed by atoms with Gasteiger partial charge >= 0.3 is 0 Å². The summed E-state index contributed by atoms with van der Waals surface area (Å²) in [7, 11) is 1.39. The molecule has 3 rings (SSSR count). The highest BCUT2D eigenvalue weighted by atomic mass is 32.2. The number of H-pyrrole nitrogens is 1. The molecule has 0 aromatic carbocycles. The number of halogens is 2. The molecule has 1 atom stereocenters. The van der Waals surface area contributed by atoms with Crippen molar-refractivity contribution in [1.82, 2.24) is 19.9 Å². The molecule has 1 aliphatic heterocycles. The first kappa shape index (κ1) is 17.6. The molecular formula is C15H17F2N5O2S. The normalized spacial score (nSPS) is 17.3. The Bertz CT molecular complexity index is 817. The van der Waals surface area contributed by atoms with Crippen LogP contribution in [-0.2, 0) is 0 Å². The van der Waals surface area contributed by atoms with Gasteiger partial charge in [-0.1, -0.05) is 11.8 Å². The summed E-state index contributed by atoms with van der Waals surface area (Å²) < 4.78 is 31.1. The fourth-order valence-electron chi connectivity index (χ4n) is 2.82. The summed E-state index contributed by atoms with van der Waals surface area (Å²) in [5, 5.41) is 0.287. The van der Waals surface area contributed by atoms with E-state index in [0.717, 1.165) is 12.8 Å². The third-order valence-corrected chi connectivity index (χ3v) is 4.53. The van der Waals surface area contributed by atoms with E-state index < -0.39 is 6.43 Å². The van der Waals surface area contributed by atoms with Crippen LogP contribution in [0.25, 0.3) is 0 Å². The van der Waals surface area contributed by atoms with Crippen molar-refractivity contribution >= 4 is 17.6 Å². The van der Waals surface area contributed by atoms with Crippen molar-refractivity contribution < 1.29 is 13.5 Å². The maximum absolute atomic E-state index is 13.1. The van der Waals surface area contributed by atoms with E-state index in [-0.39, 0.29) is 28.2 Å². The zero-order chi connectivity index (χ0) is 18.0. The molecule has 1 fully saturated rings. The van der Waals surface area contributed by atoms with Crippen molar-refractivity contribution in [2.45, 2.75) is 30.5 Å². The van der Waals surface area contributed by atoms with Gasteiger partial charge in [0.25, 0.3) is 12.0 Å². The lowest BCUT2D eigenvalue weighted by atomic mass is 10.2. The topological polar surface area (TPSA) is 84.0 Å². The number of rotatable bonds is 5. The van der Waals surface area contributed by atoms with Crippen molar-refractivity contribution in [3.05, 3.63) is 34.1 Å². The number of aromatic nitrogens is 4. The fourth-order valence-corrected chi connectivity index (χ4v) is 3.20. The molecule has 2 aromatic rings. The van der Waals surface area contributed by atoms with Crippen LogP contribution < -0.4 is 15.2 Å². The molecule has 7 nitrogen and oxygen atoms in total. The van der Waals surface area contributed by atoms with Crippen LogP contribution >= 0.6 is 11.8 Å². The highest BCUT2D eigenvalue weighted by Gasteiger charge is 2.30. The Morgan fingerprint density at radius 2 is 2.24 bits per heavy atom. The number of hydrogen-bond donors (Lipinski definition) is 1. The quantitative estimate of drug-likeness (QED) is 0.640. The van der Waals surface area contributed by atoms with Gasteiger partial charge in [0.2, 0.25) is 5.75 Å². The molecule has 0 radical (unpaired) electrons.